The first-order valence-corrected chi connectivity index (χ1v) is 6.14. The summed E-state index contributed by atoms with van der Waals surface area (Å²) in [6.07, 6.45) is 6.26. The molecule has 1 rings (SSSR count). The van der Waals surface area contributed by atoms with Gasteiger partial charge >= 0.3 is 0 Å². The lowest BCUT2D eigenvalue weighted by molar-refractivity contribution is -0.137. The standard InChI is InChI=1S/C12H24N2O/c1-3-12(2,10-13)14-9-7-5-4-6-8-11(14)15/h3-10,13H2,1-2H3. The number of carbonyl (C=O) groups is 1. The van der Waals surface area contributed by atoms with Gasteiger partial charge in [-0.05, 0) is 26.2 Å². The van der Waals surface area contributed by atoms with Crippen LogP contribution in [0.5, 0.6) is 0 Å². The van der Waals surface area contributed by atoms with Crippen LogP contribution in [0.15, 0.2) is 0 Å². The first kappa shape index (κ1) is 12.5. The van der Waals surface area contributed by atoms with Crippen molar-refractivity contribution in [1.29, 1.82) is 0 Å². The van der Waals surface area contributed by atoms with Crippen molar-refractivity contribution in [2.24, 2.45) is 5.73 Å². The van der Waals surface area contributed by atoms with Crippen LogP contribution in [0.1, 0.15) is 52.4 Å². The molecule has 1 fully saturated rings. The molecule has 3 heteroatoms. The minimum absolute atomic E-state index is 0.131. The lowest BCUT2D eigenvalue weighted by atomic mass is 9.94. The second kappa shape index (κ2) is 5.50. The van der Waals surface area contributed by atoms with Gasteiger partial charge in [0.1, 0.15) is 0 Å². The van der Waals surface area contributed by atoms with Gasteiger partial charge in [-0.3, -0.25) is 4.79 Å². The molecular formula is C12H24N2O. The van der Waals surface area contributed by atoms with Crippen LogP contribution in [0.4, 0.5) is 0 Å². The van der Waals surface area contributed by atoms with Crippen LogP contribution in [-0.4, -0.2) is 29.4 Å². The molecule has 0 aliphatic carbocycles. The van der Waals surface area contributed by atoms with Gasteiger partial charge in [-0.1, -0.05) is 19.8 Å². The lowest BCUT2D eigenvalue weighted by Crippen LogP contribution is -2.54. The fourth-order valence-corrected chi connectivity index (χ4v) is 2.18. The smallest absolute Gasteiger partial charge is 0.223 e. The van der Waals surface area contributed by atoms with Crippen LogP contribution in [-0.2, 0) is 4.79 Å². The highest BCUT2D eigenvalue weighted by atomic mass is 16.2. The van der Waals surface area contributed by atoms with Gasteiger partial charge in [0.05, 0.1) is 5.54 Å². The number of nitrogens with zero attached hydrogens (tertiary/aromatic N) is 1. The Labute approximate surface area is 93.0 Å². The zero-order valence-electron chi connectivity index (χ0n) is 10.1. The first-order valence-electron chi connectivity index (χ1n) is 6.14. The Hall–Kier alpha value is -0.570. The monoisotopic (exact) mass is 212 g/mol. The van der Waals surface area contributed by atoms with Gasteiger partial charge in [-0.25, -0.2) is 0 Å². The van der Waals surface area contributed by atoms with Gasteiger partial charge in [0.25, 0.3) is 0 Å². The Kier molecular flexibility index (Phi) is 4.58. The summed E-state index contributed by atoms with van der Waals surface area (Å²) >= 11 is 0. The summed E-state index contributed by atoms with van der Waals surface area (Å²) in [6.45, 7) is 5.67. The van der Waals surface area contributed by atoms with Gasteiger partial charge in [-0.2, -0.15) is 0 Å². The Morgan fingerprint density at radius 2 is 2.00 bits per heavy atom. The van der Waals surface area contributed by atoms with Crippen LogP contribution in [0.2, 0.25) is 0 Å². The molecule has 1 unspecified atom stereocenters. The molecule has 15 heavy (non-hydrogen) atoms. The molecular weight excluding hydrogens is 188 g/mol. The number of likely N-dealkylation sites (tertiary alicyclic amines) is 1. The summed E-state index contributed by atoms with van der Waals surface area (Å²) in [7, 11) is 0. The third-order valence-electron chi connectivity index (χ3n) is 3.68. The molecule has 0 aromatic heterocycles. The summed E-state index contributed by atoms with van der Waals surface area (Å²) in [4.78, 5) is 14.0. The second-order valence-electron chi connectivity index (χ2n) is 4.76. The highest BCUT2D eigenvalue weighted by molar-refractivity contribution is 5.77. The summed E-state index contributed by atoms with van der Waals surface area (Å²) in [5, 5.41) is 0. The molecule has 1 heterocycles. The van der Waals surface area contributed by atoms with E-state index in [1.165, 1.54) is 12.8 Å². The lowest BCUT2D eigenvalue weighted by Gasteiger charge is -2.41. The number of hydrogen-bond acceptors (Lipinski definition) is 2. The van der Waals surface area contributed by atoms with E-state index >= 15 is 0 Å². The Morgan fingerprint density at radius 3 is 2.60 bits per heavy atom. The summed E-state index contributed by atoms with van der Waals surface area (Å²) in [5.74, 6) is 0.296. The van der Waals surface area contributed by atoms with Crippen LogP contribution in [0.3, 0.4) is 0 Å². The molecule has 0 radical (unpaired) electrons. The molecule has 1 atom stereocenters. The van der Waals surface area contributed by atoms with Crippen LogP contribution in [0, 0.1) is 0 Å². The topological polar surface area (TPSA) is 46.3 Å². The molecule has 2 N–H and O–H groups in total. The van der Waals surface area contributed by atoms with E-state index in [9.17, 15) is 4.79 Å². The third-order valence-corrected chi connectivity index (χ3v) is 3.68. The van der Waals surface area contributed by atoms with Crippen LogP contribution in [0.25, 0.3) is 0 Å². The van der Waals surface area contributed by atoms with Gasteiger partial charge < -0.3 is 10.6 Å². The highest BCUT2D eigenvalue weighted by Crippen LogP contribution is 2.23. The van der Waals surface area contributed by atoms with Crippen molar-refractivity contribution < 1.29 is 4.79 Å². The maximum absolute atomic E-state index is 12.0. The number of amides is 1. The average molecular weight is 212 g/mol. The molecule has 0 aromatic rings. The largest absolute Gasteiger partial charge is 0.336 e. The van der Waals surface area contributed by atoms with E-state index in [4.69, 9.17) is 5.73 Å². The number of carbonyl (C=O) groups excluding carboxylic acids is 1. The minimum atomic E-state index is -0.131. The molecule has 0 spiro atoms. The van der Waals surface area contributed by atoms with Crippen molar-refractivity contribution in [3.63, 3.8) is 0 Å². The van der Waals surface area contributed by atoms with Crippen molar-refractivity contribution >= 4 is 5.91 Å². The van der Waals surface area contributed by atoms with E-state index < -0.39 is 0 Å². The predicted octanol–water partition coefficient (Wildman–Crippen LogP) is 1.91. The molecule has 1 amide bonds. The molecule has 3 nitrogen and oxygen atoms in total. The highest BCUT2D eigenvalue weighted by Gasteiger charge is 2.32. The maximum Gasteiger partial charge on any atom is 0.223 e. The summed E-state index contributed by atoms with van der Waals surface area (Å²) in [5.41, 5.74) is 5.68. The minimum Gasteiger partial charge on any atom is -0.336 e. The van der Waals surface area contributed by atoms with E-state index in [1.807, 2.05) is 4.90 Å². The Morgan fingerprint density at radius 1 is 1.33 bits per heavy atom. The summed E-state index contributed by atoms with van der Waals surface area (Å²) in [6, 6.07) is 0. The van der Waals surface area contributed by atoms with Crippen LogP contribution < -0.4 is 5.73 Å². The van der Waals surface area contributed by atoms with E-state index in [2.05, 4.69) is 13.8 Å². The van der Waals surface area contributed by atoms with E-state index in [-0.39, 0.29) is 5.54 Å². The zero-order valence-corrected chi connectivity index (χ0v) is 10.1. The molecule has 0 saturated carbocycles. The van der Waals surface area contributed by atoms with Gasteiger partial charge in [0, 0.05) is 19.5 Å². The maximum atomic E-state index is 12.0. The molecule has 0 aromatic carbocycles. The quantitative estimate of drug-likeness (QED) is 0.776. The Bertz CT molecular complexity index is 212. The fourth-order valence-electron chi connectivity index (χ4n) is 2.18. The predicted molar refractivity (Wildman–Crippen MR) is 62.5 cm³/mol. The molecule has 1 saturated heterocycles. The summed E-state index contributed by atoms with van der Waals surface area (Å²) < 4.78 is 0. The molecule has 88 valence electrons. The van der Waals surface area contributed by atoms with E-state index in [0.29, 0.717) is 18.9 Å². The molecule has 1 aliphatic rings. The SMILES string of the molecule is CCC(C)(CN)N1CCCCCCC1=O. The van der Waals surface area contributed by atoms with Crippen molar-refractivity contribution in [3.8, 4) is 0 Å². The fraction of sp³-hybridized carbons (Fsp3) is 0.917. The number of rotatable bonds is 3. The Balaban J connectivity index is 2.73. The zero-order chi connectivity index (χ0) is 11.3. The van der Waals surface area contributed by atoms with Gasteiger partial charge in [0.2, 0.25) is 5.91 Å². The van der Waals surface area contributed by atoms with Crippen molar-refractivity contribution in [2.45, 2.75) is 57.9 Å². The van der Waals surface area contributed by atoms with Crippen molar-refractivity contribution in [2.75, 3.05) is 13.1 Å². The molecule has 0 bridgehead atoms. The number of hydrogen-bond donors (Lipinski definition) is 1. The molecule has 1 aliphatic heterocycles. The second-order valence-corrected chi connectivity index (χ2v) is 4.76. The van der Waals surface area contributed by atoms with Crippen molar-refractivity contribution in [1.82, 2.24) is 4.90 Å². The van der Waals surface area contributed by atoms with Crippen LogP contribution >= 0.6 is 0 Å². The van der Waals surface area contributed by atoms with Gasteiger partial charge in [0.15, 0.2) is 0 Å². The van der Waals surface area contributed by atoms with E-state index in [0.717, 1.165) is 25.8 Å². The average Bonchev–Trinajstić information content (AvgIpc) is 2.23. The van der Waals surface area contributed by atoms with Crippen molar-refractivity contribution in [3.05, 3.63) is 0 Å². The van der Waals surface area contributed by atoms with Gasteiger partial charge in [-0.15, -0.1) is 0 Å². The normalized spacial score (nSPS) is 23.1. The first-order chi connectivity index (χ1) is 7.14. The van der Waals surface area contributed by atoms with E-state index in [1.54, 1.807) is 0 Å². The number of nitrogens with two attached hydrogens (primary N) is 1. The third kappa shape index (κ3) is 2.94.